The monoisotopic (exact) mass is 285 g/mol. The summed E-state index contributed by atoms with van der Waals surface area (Å²) in [5, 5.41) is 3.27. The van der Waals surface area contributed by atoms with Crippen LogP contribution >= 0.6 is 0 Å². The summed E-state index contributed by atoms with van der Waals surface area (Å²) in [5.41, 5.74) is 4.35. The van der Waals surface area contributed by atoms with Crippen molar-refractivity contribution in [3.8, 4) is 0 Å². The van der Waals surface area contributed by atoms with E-state index in [2.05, 4.69) is 54.3 Å². The largest absolute Gasteiger partial charge is 0.311 e. The fourth-order valence-electron chi connectivity index (χ4n) is 2.50. The first-order chi connectivity index (χ1) is 10.1. The third-order valence-corrected chi connectivity index (χ3v) is 3.23. The second-order valence-corrected chi connectivity index (χ2v) is 5.53. The number of aryl methyl sites for hydroxylation is 2. The van der Waals surface area contributed by atoms with Crippen LogP contribution in [-0.2, 0) is 13.0 Å². The Morgan fingerprint density at radius 3 is 2.52 bits per heavy atom. The third kappa shape index (κ3) is 4.83. The van der Waals surface area contributed by atoms with Crippen LogP contribution in [0.2, 0.25) is 0 Å². The molecule has 0 radical (unpaired) electrons. The van der Waals surface area contributed by atoms with Gasteiger partial charge in [-0.15, -0.1) is 0 Å². The molecule has 2 N–H and O–H groups in total. The predicted molar refractivity (Wildman–Crippen MR) is 85.6 cm³/mol. The summed E-state index contributed by atoms with van der Waals surface area (Å²) in [5.74, 6) is 0.723. The van der Waals surface area contributed by atoms with Crippen molar-refractivity contribution in [2.24, 2.45) is 0 Å². The van der Waals surface area contributed by atoms with Crippen LogP contribution in [0.5, 0.6) is 0 Å². The first-order valence-electron chi connectivity index (χ1n) is 7.44. The number of rotatable bonds is 6. The lowest BCUT2D eigenvalue weighted by atomic mass is 10.0. The Kier molecular flexibility index (Phi) is 5.28. The molecule has 0 unspecified atom stereocenters. The molecule has 0 aliphatic heterocycles. The van der Waals surface area contributed by atoms with E-state index in [1.165, 1.54) is 16.7 Å². The van der Waals surface area contributed by atoms with Crippen LogP contribution in [0, 0.1) is 13.8 Å². The number of H-pyrrole nitrogens is 1. The van der Waals surface area contributed by atoms with E-state index in [1.807, 2.05) is 0 Å². The number of aromatic amines is 1. The number of hydrogen-bond donors (Lipinski definition) is 2. The summed E-state index contributed by atoms with van der Waals surface area (Å²) in [6.07, 6.45) is 1.72. The van der Waals surface area contributed by atoms with E-state index < -0.39 is 0 Å². The zero-order valence-corrected chi connectivity index (χ0v) is 13.0. The summed E-state index contributed by atoms with van der Waals surface area (Å²) >= 11 is 0. The van der Waals surface area contributed by atoms with Gasteiger partial charge in [-0.1, -0.05) is 36.2 Å². The molecule has 0 amide bonds. The Bertz CT molecular complexity index is 641. The van der Waals surface area contributed by atoms with E-state index in [1.54, 1.807) is 6.07 Å². The number of nitrogens with zero attached hydrogens (tertiary/aromatic N) is 1. The first kappa shape index (κ1) is 15.4. The van der Waals surface area contributed by atoms with Crippen LogP contribution < -0.4 is 10.9 Å². The molecule has 0 saturated heterocycles. The van der Waals surface area contributed by atoms with Crippen LogP contribution in [0.15, 0.2) is 29.1 Å². The molecule has 2 aromatic rings. The van der Waals surface area contributed by atoms with Crippen LogP contribution in [0.3, 0.4) is 0 Å². The minimum absolute atomic E-state index is 0.0855. The van der Waals surface area contributed by atoms with Gasteiger partial charge in [0.15, 0.2) is 0 Å². The summed E-state index contributed by atoms with van der Waals surface area (Å²) in [4.78, 5) is 19.1. The quantitative estimate of drug-likeness (QED) is 0.802. The highest BCUT2D eigenvalue weighted by Gasteiger charge is 2.04. The Hall–Kier alpha value is -1.94. The highest BCUT2D eigenvalue weighted by Crippen LogP contribution is 2.11. The van der Waals surface area contributed by atoms with Crippen molar-refractivity contribution in [1.29, 1.82) is 0 Å². The topological polar surface area (TPSA) is 57.8 Å². The Balaban J connectivity index is 2.17. The summed E-state index contributed by atoms with van der Waals surface area (Å²) in [7, 11) is 0. The van der Waals surface area contributed by atoms with Gasteiger partial charge in [-0.05, 0) is 32.4 Å². The number of benzene rings is 1. The van der Waals surface area contributed by atoms with Crippen molar-refractivity contribution in [3.05, 3.63) is 62.8 Å². The lowest BCUT2D eigenvalue weighted by molar-refractivity contribution is 0.658. The molecule has 0 spiro atoms. The van der Waals surface area contributed by atoms with Crippen molar-refractivity contribution in [2.45, 2.75) is 40.2 Å². The predicted octanol–water partition coefficient (Wildman–Crippen LogP) is 2.48. The van der Waals surface area contributed by atoms with E-state index >= 15 is 0 Å². The maximum atomic E-state index is 11.7. The summed E-state index contributed by atoms with van der Waals surface area (Å²) < 4.78 is 0. The molecule has 0 aliphatic rings. The normalized spacial score (nSPS) is 10.8. The van der Waals surface area contributed by atoms with Crippen molar-refractivity contribution in [1.82, 2.24) is 15.3 Å². The van der Waals surface area contributed by atoms with Gasteiger partial charge in [0, 0.05) is 19.0 Å². The molecule has 0 atom stereocenters. The van der Waals surface area contributed by atoms with Gasteiger partial charge in [-0.25, -0.2) is 4.98 Å². The molecule has 0 aliphatic carbocycles. The summed E-state index contributed by atoms with van der Waals surface area (Å²) in [6, 6.07) is 7.97. The molecular weight excluding hydrogens is 262 g/mol. The van der Waals surface area contributed by atoms with Gasteiger partial charge in [0.25, 0.3) is 5.56 Å². The van der Waals surface area contributed by atoms with Gasteiger partial charge in [0.1, 0.15) is 5.82 Å². The molecule has 2 rings (SSSR count). The van der Waals surface area contributed by atoms with E-state index in [-0.39, 0.29) is 5.56 Å². The number of aromatic nitrogens is 2. The van der Waals surface area contributed by atoms with Crippen LogP contribution in [0.1, 0.15) is 41.6 Å². The lowest BCUT2D eigenvalue weighted by Crippen LogP contribution is -2.19. The van der Waals surface area contributed by atoms with Gasteiger partial charge in [-0.3, -0.25) is 4.79 Å². The zero-order valence-electron chi connectivity index (χ0n) is 13.0. The van der Waals surface area contributed by atoms with E-state index in [9.17, 15) is 4.79 Å². The molecule has 0 bridgehead atoms. The second-order valence-electron chi connectivity index (χ2n) is 5.53. The van der Waals surface area contributed by atoms with Gasteiger partial charge in [0.2, 0.25) is 0 Å². The Morgan fingerprint density at radius 1 is 1.14 bits per heavy atom. The fraction of sp³-hybridized carbons (Fsp3) is 0.412. The molecule has 4 nitrogen and oxygen atoms in total. The smallest absolute Gasteiger partial charge is 0.251 e. The van der Waals surface area contributed by atoms with Crippen molar-refractivity contribution in [3.63, 3.8) is 0 Å². The van der Waals surface area contributed by atoms with Crippen LogP contribution in [-0.4, -0.2) is 16.5 Å². The number of hydrogen-bond acceptors (Lipinski definition) is 3. The standard InChI is InChI=1S/C17H23N3O/c1-4-5-18-11-15-10-17(21)20-16(19-15)9-14-7-12(2)6-13(3)8-14/h6-8,10,18H,4-5,9,11H2,1-3H3,(H,19,20,21). The highest BCUT2D eigenvalue weighted by molar-refractivity contribution is 5.30. The SMILES string of the molecule is CCCNCc1cc(=O)[nH]c(Cc2cc(C)cc(C)c2)n1. The molecule has 112 valence electrons. The van der Waals surface area contributed by atoms with Gasteiger partial charge in [-0.2, -0.15) is 0 Å². The zero-order chi connectivity index (χ0) is 15.2. The van der Waals surface area contributed by atoms with Crippen LogP contribution in [0.25, 0.3) is 0 Å². The fourth-order valence-corrected chi connectivity index (χ4v) is 2.50. The van der Waals surface area contributed by atoms with Gasteiger partial charge in [0.05, 0.1) is 5.69 Å². The maximum Gasteiger partial charge on any atom is 0.251 e. The minimum Gasteiger partial charge on any atom is -0.311 e. The van der Waals surface area contributed by atoms with Crippen molar-refractivity contribution >= 4 is 0 Å². The van der Waals surface area contributed by atoms with E-state index in [0.29, 0.717) is 13.0 Å². The van der Waals surface area contributed by atoms with Crippen LogP contribution in [0.4, 0.5) is 0 Å². The van der Waals surface area contributed by atoms with E-state index in [4.69, 9.17) is 0 Å². The molecule has 0 saturated carbocycles. The third-order valence-electron chi connectivity index (χ3n) is 3.23. The van der Waals surface area contributed by atoms with Crippen molar-refractivity contribution in [2.75, 3.05) is 6.54 Å². The molecule has 1 aromatic heterocycles. The molecular formula is C17H23N3O. The average molecular weight is 285 g/mol. The Labute approximate surface area is 125 Å². The highest BCUT2D eigenvalue weighted by atomic mass is 16.1. The Morgan fingerprint density at radius 2 is 1.86 bits per heavy atom. The first-order valence-corrected chi connectivity index (χ1v) is 7.44. The van der Waals surface area contributed by atoms with Gasteiger partial charge < -0.3 is 10.3 Å². The maximum absolute atomic E-state index is 11.7. The van der Waals surface area contributed by atoms with Gasteiger partial charge >= 0.3 is 0 Å². The minimum atomic E-state index is -0.0855. The molecule has 1 aromatic carbocycles. The number of nitrogens with one attached hydrogen (secondary N) is 2. The second kappa shape index (κ2) is 7.18. The molecule has 1 heterocycles. The summed E-state index contributed by atoms with van der Waals surface area (Å²) in [6.45, 7) is 7.84. The van der Waals surface area contributed by atoms with E-state index in [0.717, 1.165) is 24.5 Å². The van der Waals surface area contributed by atoms with Crippen molar-refractivity contribution < 1.29 is 0 Å². The average Bonchev–Trinajstić information content (AvgIpc) is 2.37. The molecule has 4 heteroatoms. The molecule has 0 fully saturated rings. The molecule has 21 heavy (non-hydrogen) atoms. The lowest BCUT2D eigenvalue weighted by Gasteiger charge is -2.07.